The van der Waals surface area contributed by atoms with E-state index in [0.29, 0.717) is 0 Å². The third-order valence-corrected chi connectivity index (χ3v) is 3.80. The van der Waals surface area contributed by atoms with Crippen molar-refractivity contribution in [3.63, 3.8) is 0 Å². The molecule has 1 atom stereocenters. The lowest BCUT2D eigenvalue weighted by Crippen LogP contribution is -2.15. The van der Waals surface area contributed by atoms with Crippen LogP contribution in [0.2, 0.25) is 0 Å². The molecule has 3 heteroatoms. The summed E-state index contributed by atoms with van der Waals surface area (Å²) >= 11 is 3.45. The van der Waals surface area contributed by atoms with Crippen molar-refractivity contribution < 1.29 is 4.74 Å². The fraction of sp³-hybridized carbons (Fsp3) is 0.200. The third kappa shape index (κ3) is 2.23. The first-order valence-electron chi connectivity index (χ1n) is 6.03. The van der Waals surface area contributed by atoms with Crippen molar-refractivity contribution in [1.82, 2.24) is 0 Å². The summed E-state index contributed by atoms with van der Waals surface area (Å²) < 4.78 is 7.13. The molecule has 2 nitrogen and oxygen atoms in total. The predicted molar refractivity (Wildman–Crippen MR) is 76.7 cm³/mol. The molecule has 0 amide bonds. The summed E-state index contributed by atoms with van der Waals surface area (Å²) in [6.45, 7) is 0. The van der Waals surface area contributed by atoms with Crippen LogP contribution in [0.3, 0.4) is 0 Å². The summed E-state index contributed by atoms with van der Waals surface area (Å²) in [5, 5.41) is 0. The average Bonchev–Trinajstić information content (AvgIpc) is 2.39. The monoisotopic (exact) mass is 303 g/mol. The van der Waals surface area contributed by atoms with E-state index in [0.717, 1.165) is 28.8 Å². The minimum Gasteiger partial charge on any atom is -0.485 e. The maximum atomic E-state index is 6.04. The Morgan fingerprint density at radius 3 is 2.67 bits per heavy atom. The van der Waals surface area contributed by atoms with Crippen LogP contribution in [0.25, 0.3) is 0 Å². The molecule has 1 heterocycles. The molecule has 0 saturated carbocycles. The van der Waals surface area contributed by atoms with Crippen LogP contribution in [0.4, 0.5) is 5.69 Å². The van der Waals surface area contributed by atoms with Crippen LogP contribution in [-0.2, 0) is 6.42 Å². The Hall–Kier alpha value is -1.48. The number of nitrogen functional groups attached to an aromatic ring is 1. The molecule has 0 bridgehead atoms. The molecule has 18 heavy (non-hydrogen) atoms. The first-order valence-corrected chi connectivity index (χ1v) is 6.82. The number of ether oxygens (including phenoxy) is 1. The smallest absolute Gasteiger partial charge is 0.124 e. The van der Waals surface area contributed by atoms with Crippen LogP contribution in [0.1, 0.15) is 23.7 Å². The van der Waals surface area contributed by atoms with E-state index in [4.69, 9.17) is 10.5 Å². The maximum absolute atomic E-state index is 6.04. The van der Waals surface area contributed by atoms with Gasteiger partial charge in [-0.25, -0.2) is 0 Å². The van der Waals surface area contributed by atoms with Gasteiger partial charge in [-0.05, 0) is 54.3 Å². The van der Waals surface area contributed by atoms with Crippen LogP contribution >= 0.6 is 15.9 Å². The summed E-state index contributed by atoms with van der Waals surface area (Å²) in [7, 11) is 0. The molecule has 2 N–H and O–H groups in total. The second-order valence-corrected chi connectivity index (χ2v) is 5.48. The molecule has 0 radical (unpaired) electrons. The summed E-state index contributed by atoms with van der Waals surface area (Å²) in [5.41, 5.74) is 9.02. The van der Waals surface area contributed by atoms with Gasteiger partial charge in [0.15, 0.2) is 0 Å². The van der Waals surface area contributed by atoms with Crippen LogP contribution in [0, 0.1) is 0 Å². The van der Waals surface area contributed by atoms with E-state index in [9.17, 15) is 0 Å². The van der Waals surface area contributed by atoms with E-state index < -0.39 is 0 Å². The highest BCUT2D eigenvalue weighted by Gasteiger charge is 2.21. The highest BCUT2D eigenvalue weighted by atomic mass is 79.9. The quantitative estimate of drug-likeness (QED) is 0.805. The van der Waals surface area contributed by atoms with E-state index in [-0.39, 0.29) is 6.10 Å². The van der Waals surface area contributed by atoms with Crippen molar-refractivity contribution in [3.05, 3.63) is 58.1 Å². The fourth-order valence-corrected chi connectivity index (χ4v) is 2.58. The minimum absolute atomic E-state index is 0.147. The lowest BCUT2D eigenvalue weighted by molar-refractivity contribution is 0.176. The van der Waals surface area contributed by atoms with E-state index in [2.05, 4.69) is 40.2 Å². The fourth-order valence-electron chi connectivity index (χ4n) is 2.32. The topological polar surface area (TPSA) is 35.2 Å². The predicted octanol–water partition coefficient (Wildman–Crippen LogP) is 4.10. The van der Waals surface area contributed by atoms with E-state index in [1.165, 1.54) is 11.1 Å². The zero-order valence-electron chi connectivity index (χ0n) is 9.90. The van der Waals surface area contributed by atoms with Gasteiger partial charge in [-0.3, -0.25) is 0 Å². The summed E-state index contributed by atoms with van der Waals surface area (Å²) in [6.07, 6.45) is 2.16. The number of fused-ring (bicyclic) bond motifs is 1. The molecular formula is C15H14BrNO. The van der Waals surface area contributed by atoms with Gasteiger partial charge in [-0.2, -0.15) is 0 Å². The summed E-state index contributed by atoms with van der Waals surface area (Å²) in [4.78, 5) is 0. The largest absolute Gasteiger partial charge is 0.485 e. The van der Waals surface area contributed by atoms with Crippen LogP contribution in [0.5, 0.6) is 5.75 Å². The lowest BCUT2D eigenvalue weighted by atomic mass is 9.97. The molecule has 0 aliphatic carbocycles. The van der Waals surface area contributed by atoms with E-state index >= 15 is 0 Å². The molecule has 1 unspecified atom stereocenters. The van der Waals surface area contributed by atoms with Gasteiger partial charge in [0.1, 0.15) is 11.9 Å². The lowest BCUT2D eigenvalue weighted by Gasteiger charge is -2.26. The van der Waals surface area contributed by atoms with Crippen molar-refractivity contribution >= 4 is 21.6 Å². The van der Waals surface area contributed by atoms with Crippen molar-refractivity contribution in [3.8, 4) is 5.75 Å². The Balaban J connectivity index is 1.86. The van der Waals surface area contributed by atoms with Gasteiger partial charge in [0, 0.05) is 10.2 Å². The number of hydrogen-bond acceptors (Lipinski definition) is 2. The Bertz CT molecular complexity index is 565. The van der Waals surface area contributed by atoms with E-state index in [1.54, 1.807) is 0 Å². The van der Waals surface area contributed by atoms with Gasteiger partial charge in [0.2, 0.25) is 0 Å². The van der Waals surface area contributed by atoms with Crippen molar-refractivity contribution in [1.29, 1.82) is 0 Å². The summed E-state index contributed by atoms with van der Waals surface area (Å²) in [5.74, 6) is 0.961. The number of halogens is 1. The second kappa shape index (κ2) is 4.65. The molecule has 0 spiro atoms. The van der Waals surface area contributed by atoms with Gasteiger partial charge >= 0.3 is 0 Å². The second-order valence-electron chi connectivity index (χ2n) is 4.56. The maximum Gasteiger partial charge on any atom is 0.124 e. The van der Waals surface area contributed by atoms with Gasteiger partial charge in [0.05, 0.1) is 0 Å². The third-order valence-electron chi connectivity index (χ3n) is 3.27. The standard InChI is InChI=1S/C15H14BrNO/c16-12-4-1-10(2-5-12)14-7-3-11-9-13(17)6-8-15(11)18-14/h1-2,4-6,8-9,14H,3,7,17H2. The van der Waals surface area contributed by atoms with Gasteiger partial charge in [-0.15, -0.1) is 0 Å². The number of rotatable bonds is 1. The zero-order valence-corrected chi connectivity index (χ0v) is 11.5. The van der Waals surface area contributed by atoms with Crippen molar-refractivity contribution in [2.45, 2.75) is 18.9 Å². The van der Waals surface area contributed by atoms with Crippen molar-refractivity contribution in [2.24, 2.45) is 0 Å². The molecule has 2 aromatic rings. The van der Waals surface area contributed by atoms with Crippen molar-refractivity contribution in [2.75, 3.05) is 5.73 Å². The number of anilines is 1. The highest BCUT2D eigenvalue weighted by molar-refractivity contribution is 9.10. The van der Waals surface area contributed by atoms with Gasteiger partial charge in [-0.1, -0.05) is 28.1 Å². The number of nitrogens with two attached hydrogens (primary N) is 1. The molecule has 1 aliphatic rings. The number of benzene rings is 2. The number of aryl methyl sites for hydroxylation is 1. The molecule has 0 aromatic heterocycles. The van der Waals surface area contributed by atoms with Crippen LogP contribution in [0.15, 0.2) is 46.9 Å². The minimum atomic E-state index is 0.147. The van der Waals surface area contributed by atoms with E-state index in [1.807, 2.05) is 18.2 Å². The molecule has 0 saturated heterocycles. The SMILES string of the molecule is Nc1ccc2c(c1)CCC(c1ccc(Br)cc1)O2. The average molecular weight is 304 g/mol. The Morgan fingerprint density at radius 2 is 1.89 bits per heavy atom. The zero-order chi connectivity index (χ0) is 12.5. The molecule has 1 aliphatic heterocycles. The molecular weight excluding hydrogens is 290 g/mol. The molecule has 3 rings (SSSR count). The molecule has 2 aromatic carbocycles. The molecule has 0 fully saturated rings. The Kier molecular flexibility index (Phi) is 3.00. The number of hydrogen-bond donors (Lipinski definition) is 1. The van der Waals surface area contributed by atoms with Gasteiger partial charge in [0.25, 0.3) is 0 Å². The first kappa shape index (κ1) is 11.6. The van der Waals surface area contributed by atoms with Crippen LogP contribution in [-0.4, -0.2) is 0 Å². The first-order chi connectivity index (χ1) is 8.72. The molecule has 92 valence electrons. The summed E-state index contributed by atoms with van der Waals surface area (Å²) in [6, 6.07) is 14.2. The highest BCUT2D eigenvalue weighted by Crippen LogP contribution is 2.35. The normalized spacial score (nSPS) is 17.9. The van der Waals surface area contributed by atoms with Crippen LogP contribution < -0.4 is 10.5 Å². The Morgan fingerprint density at radius 1 is 1.11 bits per heavy atom. The van der Waals surface area contributed by atoms with Gasteiger partial charge < -0.3 is 10.5 Å². The Labute approximate surface area is 115 Å².